The second kappa shape index (κ2) is 7.42. The van der Waals surface area contributed by atoms with Gasteiger partial charge in [0.2, 0.25) is 10.0 Å². The van der Waals surface area contributed by atoms with Crippen molar-refractivity contribution in [3.05, 3.63) is 45.2 Å². The highest BCUT2D eigenvalue weighted by Gasteiger charge is 2.12. The van der Waals surface area contributed by atoms with Gasteiger partial charge in [0.1, 0.15) is 0 Å². The summed E-state index contributed by atoms with van der Waals surface area (Å²) in [6.45, 7) is 6.50. The van der Waals surface area contributed by atoms with Crippen LogP contribution in [0.2, 0.25) is 0 Å². The Morgan fingerprint density at radius 3 is 2.42 bits per heavy atom. The molecular weight excluding hydrogens is 346 g/mol. The van der Waals surface area contributed by atoms with Crippen LogP contribution >= 0.6 is 11.3 Å². The van der Waals surface area contributed by atoms with Crippen molar-refractivity contribution in [2.75, 3.05) is 6.26 Å². The number of ketones is 1. The van der Waals surface area contributed by atoms with Crippen LogP contribution in [-0.2, 0) is 23.1 Å². The van der Waals surface area contributed by atoms with Crippen LogP contribution in [0.3, 0.4) is 0 Å². The minimum absolute atomic E-state index is 0.0448. The van der Waals surface area contributed by atoms with Gasteiger partial charge in [-0.05, 0) is 31.5 Å². The van der Waals surface area contributed by atoms with Crippen LogP contribution in [0.1, 0.15) is 34.8 Å². The first kappa shape index (κ1) is 18.6. The maximum Gasteiger partial charge on any atom is 0.209 e. The van der Waals surface area contributed by atoms with E-state index in [-0.39, 0.29) is 12.3 Å². The smallest absolute Gasteiger partial charge is 0.209 e. The quantitative estimate of drug-likeness (QED) is 0.796. The minimum Gasteiger partial charge on any atom is -0.321 e. The van der Waals surface area contributed by atoms with E-state index >= 15 is 0 Å². The van der Waals surface area contributed by atoms with Gasteiger partial charge in [-0.3, -0.25) is 4.79 Å². The first-order valence-corrected chi connectivity index (χ1v) is 10.2. The number of hydrogen-bond donors (Lipinski definition) is 1. The van der Waals surface area contributed by atoms with Gasteiger partial charge >= 0.3 is 0 Å². The van der Waals surface area contributed by atoms with E-state index in [0.29, 0.717) is 0 Å². The van der Waals surface area contributed by atoms with Gasteiger partial charge in [-0.2, -0.15) is 0 Å². The van der Waals surface area contributed by atoms with Gasteiger partial charge in [0.15, 0.2) is 10.6 Å². The molecule has 0 unspecified atom stereocenters. The number of Topliss-reactive ketones (excluding diaryl/α,β-unsaturated/α-hetero) is 1. The molecule has 0 amide bonds. The SMILES string of the molecule is CCn1c(C)c(C(C)=O)s/c1=N/c1ccc(CNS(C)(=O)=O)cc1. The van der Waals surface area contributed by atoms with Gasteiger partial charge in [0.25, 0.3) is 0 Å². The molecule has 0 saturated heterocycles. The van der Waals surface area contributed by atoms with Crippen LogP contribution in [0.4, 0.5) is 5.69 Å². The third-order valence-electron chi connectivity index (χ3n) is 3.49. The first-order chi connectivity index (χ1) is 11.2. The van der Waals surface area contributed by atoms with E-state index in [0.717, 1.165) is 39.4 Å². The van der Waals surface area contributed by atoms with Crippen molar-refractivity contribution in [1.29, 1.82) is 0 Å². The van der Waals surface area contributed by atoms with Gasteiger partial charge in [0, 0.05) is 25.7 Å². The molecule has 130 valence electrons. The molecule has 1 N–H and O–H groups in total. The van der Waals surface area contributed by atoms with Crippen molar-refractivity contribution in [2.24, 2.45) is 4.99 Å². The number of rotatable bonds is 6. The maximum atomic E-state index is 11.7. The molecule has 0 radical (unpaired) electrons. The van der Waals surface area contributed by atoms with Crippen LogP contribution < -0.4 is 9.52 Å². The summed E-state index contributed by atoms with van der Waals surface area (Å²) in [6, 6.07) is 7.34. The summed E-state index contributed by atoms with van der Waals surface area (Å²) in [4.78, 5) is 17.8. The lowest BCUT2D eigenvalue weighted by Gasteiger charge is -2.03. The molecule has 1 heterocycles. The topological polar surface area (TPSA) is 80.5 Å². The monoisotopic (exact) mass is 367 g/mol. The Kier molecular flexibility index (Phi) is 5.74. The second-order valence-corrected chi connectivity index (χ2v) is 8.28. The third-order valence-corrected chi connectivity index (χ3v) is 5.44. The Hall–Kier alpha value is -1.77. The van der Waals surface area contributed by atoms with Crippen LogP contribution in [-0.4, -0.2) is 25.0 Å². The Bertz CT molecular complexity index is 907. The van der Waals surface area contributed by atoms with Gasteiger partial charge < -0.3 is 4.57 Å². The van der Waals surface area contributed by atoms with Gasteiger partial charge in [0.05, 0.1) is 16.8 Å². The number of carbonyl (C=O) groups excluding carboxylic acids is 1. The molecule has 0 aliphatic carbocycles. The highest BCUT2D eigenvalue weighted by molar-refractivity contribution is 7.88. The van der Waals surface area contributed by atoms with Crippen LogP contribution in [0.15, 0.2) is 29.3 Å². The fraction of sp³-hybridized carbons (Fsp3) is 0.375. The molecule has 0 saturated carbocycles. The molecule has 1 aromatic heterocycles. The molecule has 2 aromatic rings. The first-order valence-electron chi connectivity index (χ1n) is 7.50. The number of nitrogens with zero attached hydrogens (tertiary/aromatic N) is 2. The predicted molar refractivity (Wildman–Crippen MR) is 96.1 cm³/mol. The van der Waals surface area contributed by atoms with E-state index in [1.165, 1.54) is 11.3 Å². The third kappa shape index (κ3) is 4.62. The lowest BCUT2D eigenvalue weighted by molar-refractivity contribution is 0.102. The summed E-state index contributed by atoms with van der Waals surface area (Å²) in [6.07, 6.45) is 1.13. The van der Waals surface area contributed by atoms with Crippen LogP contribution in [0.25, 0.3) is 0 Å². The van der Waals surface area contributed by atoms with Crippen molar-refractivity contribution in [1.82, 2.24) is 9.29 Å². The fourth-order valence-corrected chi connectivity index (χ4v) is 3.82. The summed E-state index contributed by atoms with van der Waals surface area (Å²) < 4.78 is 26.7. The zero-order valence-electron chi connectivity index (χ0n) is 14.2. The molecule has 8 heteroatoms. The number of aromatic nitrogens is 1. The Morgan fingerprint density at radius 1 is 1.29 bits per heavy atom. The van der Waals surface area contributed by atoms with Gasteiger partial charge in [-0.1, -0.05) is 23.5 Å². The maximum absolute atomic E-state index is 11.7. The second-order valence-electron chi connectivity index (χ2n) is 5.47. The number of hydrogen-bond acceptors (Lipinski definition) is 5. The van der Waals surface area contributed by atoms with E-state index in [4.69, 9.17) is 0 Å². The molecule has 0 aliphatic heterocycles. The summed E-state index contributed by atoms with van der Waals surface area (Å²) in [5.41, 5.74) is 2.55. The Balaban J connectivity index is 2.32. The van der Waals surface area contributed by atoms with E-state index < -0.39 is 10.0 Å². The number of nitrogens with one attached hydrogen (secondary N) is 1. The molecule has 24 heavy (non-hydrogen) atoms. The van der Waals surface area contributed by atoms with Crippen molar-refractivity contribution in [2.45, 2.75) is 33.9 Å². The predicted octanol–water partition coefficient (Wildman–Crippen LogP) is 2.36. The van der Waals surface area contributed by atoms with Crippen molar-refractivity contribution < 1.29 is 13.2 Å². The van der Waals surface area contributed by atoms with Gasteiger partial charge in [-0.15, -0.1) is 0 Å². The Labute approximate surface area is 145 Å². The summed E-state index contributed by atoms with van der Waals surface area (Å²) >= 11 is 1.39. The molecular formula is C16H21N3O3S2. The van der Waals surface area contributed by atoms with E-state index in [1.807, 2.05) is 42.7 Å². The van der Waals surface area contributed by atoms with E-state index in [1.54, 1.807) is 6.92 Å². The van der Waals surface area contributed by atoms with Crippen molar-refractivity contribution in [3.8, 4) is 0 Å². The zero-order chi connectivity index (χ0) is 17.9. The molecule has 6 nitrogen and oxygen atoms in total. The molecule has 2 rings (SSSR count). The molecule has 0 aliphatic rings. The molecule has 0 fully saturated rings. The zero-order valence-corrected chi connectivity index (χ0v) is 15.8. The standard InChI is InChI=1S/C16H21N3O3S2/c1-5-19-11(2)15(12(3)20)23-16(19)18-14-8-6-13(7-9-14)10-17-24(4,21)22/h6-9,17H,5,10H2,1-4H3/b18-16+. The summed E-state index contributed by atoms with van der Waals surface area (Å²) in [7, 11) is -3.21. The van der Waals surface area contributed by atoms with Crippen molar-refractivity contribution in [3.63, 3.8) is 0 Å². The highest BCUT2D eigenvalue weighted by Crippen LogP contribution is 2.16. The summed E-state index contributed by atoms with van der Waals surface area (Å²) in [5.74, 6) is 0.0448. The number of sulfonamides is 1. The van der Waals surface area contributed by atoms with Crippen LogP contribution in [0, 0.1) is 6.92 Å². The number of benzene rings is 1. The molecule has 0 atom stereocenters. The van der Waals surface area contributed by atoms with E-state index in [2.05, 4.69) is 9.71 Å². The molecule has 1 aromatic carbocycles. The van der Waals surface area contributed by atoms with Crippen LogP contribution in [0.5, 0.6) is 0 Å². The molecule has 0 bridgehead atoms. The number of carbonyl (C=O) groups is 1. The largest absolute Gasteiger partial charge is 0.321 e. The average molecular weight is 367 g/mol. The van der Waals surface area contributed by atoms with E-state index in [9.17, 15) is 13.2 Å². The molecule has 0 spiro atoms. The lowest BCUT2D eigenvalue weighted by Crippen LogP contribution is -2.21. The Morgan fingerprint density at radius 2 is 1.92 bits per heavy atom. The lowest BCUT2D eigenvalue weighted by atomic mass is 10.2. The van der Waals surface area contributed by atoms with Crippen molar-refractivity contribution >= 4 is 32.8 Å². The average Bonchev–Trinajstić information content (AvgIpc) is 2.82. The highest BCUT2D eigenvalue weighted by atomic mass is 32.2. The fourth-order valence-electron chi connectivity index (χ4n) is 2.28. The minimum atomic E-state index is -3.21. The normalized spacial score (nSPS) is 12.6. The van der Waals surface area contributed by atoms with Gasteiger partial charge in [-0.25, -0.2) is 18.1 Å². The summed E-state index contributed by atoms with van der Waals surface area (Å²) in [5, 5.41) is 0. The number of thiazole rings is 1.